The SMILES string of the molecule is CN1Cc2ccccc2C(=NC(C)(C)C)/C(=N\N)c2ccccc21. The van der Waals surface area contributed by atoms with Gasteiger partial charge in [-0.3, -0.25) is 4.99 Å². The first-order chi connectivity index (χ1) is 11.4. The number of nitrogens with zero attached hydrogens (tertiary/aromatic N) is 3. The van der Waals surface area contributed by atoms with Gasteiger partial charge in [-0.05, 0) is 32.4 Å². The predicted molar refractivity (Wildman–Crippen MR) is 102 cm³/mol. The van der Waals surface area contributed by atoms with Crippen molar-refractivity contribution in [1.29, 1.82) is 0 Å². The molecule has 0 unspecified atom stereocenters. The first-order valence-electron chi connectivity index (χ1n) is 8.17. The molecule has 4 nitrogen and oxygen atoms in total. The number of hydrazone groups is 1. The summed E-state index contributed by atoms with van der Waals surface area (Å²) < 4.78 is 0. The Labute approximate surface area is 143 Å². The van der Waals surface area contributed by atoms with Crippen molar-refractivity contribution >= 4 is 17.1 Å². The highest BCUT2D eigenvalue weighted by Crippen LogP contribution is 2.28. The molecule has 1 heterocycles. The third-order valence-corrected chi connectivity index (χ3v) is 4.05. The summed E-state index contributed by atoms with van der Waals surface area (Å²) in [5, 5.41) is 4.15. The fourth-order valence-electron chi connectivity index (χ4n) is 3.07. The van der Waals surface area contributed by atoms with E-state index in [0.717, 1.165) is 34.8 Å². The first kappa shape index (κ1) is 16.2. The van der Waals surface area contributed by atoms with Crippen LogP contribution in [0.15, 0.2) is 58.6 Å². The van der Waals surface area contributed by atoms with E-state index in [1.54, 1.807) is 0 Å². The molecule has 24 heavy (non-hydrogen) atoms. The molecule has 0 saturated carbocycles. The molecule has 2 aromatic rings. The van der Waals surface area contributed by atoms with Crippen LogP contribution < -0.4 is 10.7 Å². The summed E-state index contributed by atoms with van der Waals surface area (Å²) in [6.45, 7) is 7.09. The van der Waals surface area contributed by atoms with E-state index in [-0.39, 0.29) is 5.54 Å². The molecular weight excluding hydrogens is 296 g/mol. The fraction of sp³-hybridized carbons (Fsp3) is 0.300. The van der Waals surface area contributed by atoms with E-state index in [9.17, 15) is 0 Å². The number of anilines is 1. The monoisotopic (exact) mass is 320 g/mol. The lowest BCUT2D eigenvalue weighted by atomic mass is 9.91. The van der Waals surface area contributed by atoms with Gasteiger partial charge in [0.05, 0.1) is 11.3 Å². The highest BCUT2D eigenvalue weighted by Gasteiger charge is 2.26. The topological polar surface area (TPSA) is 54.0 Å². The molecule has 2 aromatic carbocycles. The number of hydrogen-bond acceptors (Lipinski definition) is 4. The third-order valence-electron chi connectivity index (χ3n) is 4.05. The molecule has 0 radical (unpaired) electrons. The van der Waals surface area contributed by atoms with Crippen LogP contribution in [0.25, 0.3) is 0 Å². The number of para-hydroxylation sites is 1. The van der Waals surface area contributed by atoms with Crippen LogP contribution in [0.4, 0.5) is 5.69 Å². The summed E-state index contributed by atoms with van der Waals surface area (Å²) in [5.74, 6) is 5.84. The van der Waals surface area contributed by atoms with E-state index in [1.165, 1.54) is 5.56 Å². The van der Waals surface area contributed by atoms with E-state index >= 15 is 0 Å². The van der Waals surface area contributed by atoms with Gasteiger partial charge < -0.3 is 10.7 Å². The Balaban J connectivity index is 2.33. The van der Waals surface area contributed by atoms with Crippen LogP contribution in [-0.2, 0) is 6.54 Å². The van der Waals surface area contributed by atoms with Gasteiger partial charge in [0.1, 0.15) is 5.71 Å². The second kappa shape index (κ2) is 6.11. The summed E-state index contributed by atoms with van der Waals surface area (Å²) in [6, 6.07) is 16.6. The summed E-state index contributed by atoms with van der Waals surface area (Å²) in [7, 11) is 2.09. The Morgan fingerprint density at radius 1 is 0.917 bits per heavy atom. The highest BCUT2D eigenvalue weighted by molar-refractivity contribution is 6.54. The Morgan fingerprint density at radius 2 is 1.54 bits per heavy atom. The van der Waals surface area contributed by atoms with Gasteiger partial charge in [0.15, 0.2) is 0 Å². The quantitative estimate of drug-likeness (QED) is 0.596. The van der Waals surface area contributed by atoms with Gasteiger partial charge in [-0.1, -0.05) is 42.5 Å². The lowest BCUT2D eigenvalue weighted by molar-refractivity contribution is 0.585. The Morgan fingerprint density at radius 3 is 2.21 bits per heavy atom. The number of rotatable bonds is 0. The van der Waals surface area contributed by atoms with Gasteiger partial charge in [0, 0.05) is 30.4 Å². The van der Waals surface area contributed by atoms with Crippen LogP contribution >= 0.6 is 0 Å². The van der Waals surface area contributed by atoms with Crippen molar-refractivity contribution in [2.75, 3.05) is 11.9 Å². The molecule has 124 valence electrons. The summed E-state index contributed by atoms with van der Waals surface area (Å²) in [5.41, 5.74) is 5.81. The molecule has 0 bridgehead atoms. The van der Waals surface area contributed by atoms with E-state index in [2.05, 4.69) is 68.2 Å². The number of hydrogen-bond donors (Lipinski definition) is 1. The molecule has 0 spiro atoms. The zero-order chi connectivity index (χ0) is 17.3. The zero-order valence-corrected chi connectivity index (χ0v) is 14.7. The second-order valence-electron chi connectivity index (χ2n) is 7.14. The summed E-state index contributed by atoms with van der Waals surface area (Å²) >= 11 is 0. The Kier molecular flexibility index (Phi) is 4.14. The van der Waals surface area contributed by atoms with E-state index in [4.69, 9.17) is 10.8 Å². The molecule has 4 heteroatoms. The molecule has 1 aliphatic rings. The average molecular weight is 320 g/mol. The van der Waals surface area contributed by atoms with Crippen molar-refractivity contribution in [3.05, 3.63) is 65.2 Å². The molecule has 0 aliphatic carbocycles. The minimum atomic E-state index is -0.224. The molecule has 0 saturated heterocycles. The maximum atomic E-state index is 5.84. The predicted octanol–water partition coefficient (Wildman–Crippen LogP) is 3.59. The van der Waals surface area contributed by atoms with Gasteiger partial charge in [0.2, 0.25) is 0 Å². The number of fused-ring (bicyclic) bond motifs is 2. The van der Waals surface area contributed by atoms with Gasteiger partial charge in [-0.2, -0.15) is 5.10 Å². The number of aliphatic imine (C=N–C) groups is 1. The smallest absolute Gasteiger partial charge is 0.118 e. The Bertz CT molecular complexity index is 812. The highest BCUT2D eigenvalue weighted by atomic mass is 15.1. The van der Waals surface area contributed by atoms with Crippen molar-refractivity contribution in [2.45, 2.75) is 32.9 Å². The summed E-state index contributed by atoms with van der Waals surface area (Å²) in [6.07, 6.45) is 0. The number of benzene rings is 2. The normalized spacial score (nSPS) is 18.1. The van der Waals surface area contributed by atoms with Crippen molar-refractivity contribution in [1.82, 2.24) is 0 Å². The summed E-state index contributed by atoms with van der Waals surface area (Å²) in [4.78, 5) is 7.20. The first-order valence-corrected chi connectivity index (χ1v) is 8.17. The molecule has 0 atom stereocenters. The van der Waals surface area contributed by atoms with E-state index in [1.807, 2.05) is 18.2 Å². The molecule has 0 amide bonds. The Hall–Kier alpha value is -2.62. The molecule has 0 fully saturated rings. The molecule has 0 aromatic heterocycles. The van der Waals surface area contributed by atoms with E-state index < -0.39 is 0 Å². The average Bonchev–Trinajstić information content (AvgIpc) is 2.53. The largest absolute Gasteiger partial charge is 0.370 e. The van der Waals surface area contributed by atoms with Crippen molar-refractivity contribution in [3.8, 4) is 0 Å². The fourth-order valence-corrected chi connectivity index (χ4v) is 3.07. The molecule has 1 aliphatic heterocycles. The molecular formula is C20H24N4. The van der Waals surface area contributed by atoms with Crippen molar-refractivity contribution in [3.63, 3.8) is 0 Å². The minimum Gasteiger partial charge on any atom is -0.370 e. The van der Waals surface area contributed by atoms with Gasteiger partial charge in [-0.15, -0.1) is 0 Å². The van der Waals surface area contributed by atoms with E-state index in [0.29, 0.717) is 0 Å². The van der Waals surface area contributed by atoms with Crippen LogP contribution in [0.1, 0.15) is 37.5 Å². The molecule has 2 N–H and O–H groups in total. The third kappa shape index (κ3) is 3.04. The standard InChI is InChI=1S/C20H24N4/c1-20(2,3)22-18-15-10-6-5-9-14(15)13-24(4)17-12-8-7-11-16(17)19(18)23-21/h5-12H,13,21H2,1-4H3/b22-18?,23-19-. The van der Waals surface area contributed by atoms with Crippen LogP contribution in [0.5, 0.6) is 0 Å². The van der Waals surface area contributed by atoms with Gasteiger partial charge in [0.25, 0.3) is 0 Å². The molecule has 3 rings (SSSR count). The second-order valence-corrected chi connectivity index (χ2v) is 7.14. The van der Waals surface area contributed by atoms with Crippen LogP contribution in [0.3, 0.4) is 0 Å². The maximum Gasteiger partial charge on any atom is 0.118 e. The van der Waals surface area contributed by atoms with Crippen molar-refractivity contribution in [2.24, 2.45) is 15.9 Å². The van der Waals surface area contributed by atoms with Gasteiger partial charge in [-0.25, -0.2) is 0 Å². The maximum absolute atomic E-state index is 5.84. The van der Waals surface area contributed by atoms with Crippen LogP contribution in [-0.4, -0.2) is 24.0 Å². The lowest BCUT2D eigenvalue weighted by Crippen LogP contribution is -2.31. The zero-order valence-electron chi connectivity index (χ0n) is 14.7. The van der Waals surface area contributed by atoms with Crippen molar-refractivity contribution < 1.29 is 0 Å². The number of nitrogens with two attached hydrogens (primary N) is 1. The minimum absolute atomic E-state index is 0.224. The van der Waals surface area contributed by atoms with Gasteiger partial charge >= 0.3 is 0 Å². The van der Waals surface area contributed by atoms with Crippen LogP contribution in [0, 0.1) is 0 Å². The van der Waals surface area contributed by atoms with Crippen LogP contribution in [0.2, 0.25) is 0 Å². The lowest BCUT2D eigenvalue weighted by Gasteiger charge is -2.29.